The predicted octanol–water partition coefficient (Wildman–Crippen LogP) is 1.63. The molecule has 1 aliphatic heterocycles. The van der Waals surface area contributed by atoms with Crippen molar-refractivity contribution in [3.8, 4) is 0 Å². The Morgan fingerprint density at radius 2 is 1.94 bits per heavy atom. The molecule has 1 aliphatic rings. The van der Waals surface area contributed by atoms with Crippen LogP contribution in [0.25, 0.3) is 0 Å². The van der Waals surface area contributed by atoms with Gasteiger partial charge in [0.25, 0.3) is 0 Å². The number of nitrogens with zero attached hydrogens (tertiary/aromatic N) is 1. The van der Waals surface area contributed by atoms with Gasteiger partial charge in [-0.25, -0.2) is 0 Å². The average Bonchev–Trinajstić information content (AvgIpc) is 2.41. The molecule has 0 aliphatic carbocycles. The van der Waals surface area contributed by atoms with E-state index >= 15 is 0 Å². The summed E-state index contributed by atoms with van der Waals surface area (Å²) in [4.78, 5) is 13.6. The fourth-order valence-corrected chi connectivity index (χ4v) is 2.02. The second-order valence-corrected chi connectivity index (χ2v) is 4.25. The predicted molar refractivity (Wildman–Crippen MR) is 69.8 cm³/mol. The van der Waals surface area contributed by atoms with E-state index in [0.717, 1.165) is 31.9 Å². The van der Waals surface area contributed by atoms with Crippen molar-refractivity contribution in [2.75, 3.05) is 37.8 Å². The van der Waals surface area contributed by atoms with Crippen LogP contribution in [0.4, 0.5) is 5.69 Å². The van der Waals surface area contributed by atoms with Gasteiger partial charge in [-0.05, 0) is 24.6 Å². The number of benzene rings is 1. The lowest BCUT2D eigenvalue weighted by Crippen LogP contribution is -2.36. The fraction of sp³-hybridized carbons (Fsp3) is 0.500. The van der Waals surface area contributed by atoms with Crippen molar-refractivity contribution in [3.63, 3.8) is 0 Å². The Hall–Kier alpha value is -1.55. The van der Waals surface area contributed by atoms with E-state index < -0.39 is 0 Å². The summed E-state index contributed by atoms with van der Waals surface area (Å²) >= 11 is 0. The Kier molecular flexibility index (Phi) is 4.59. The Labute approximate surface area is 107 Å². The highest BCUT2D eigenvalue weighted by molar-refractivity contribution is 5.72. The van der Waals surface area contributed by atoms with E-state index in [0.29, 0.717) is 13.0 Å². The molecule has 0 saturated carbocycles. The number of hydrogen-bond donors (Lipinski definition) is 0. The van der Waals surface area contributed by atoms with E-state index in [4.69, 9.17) is 9.47 Å². The summed E-state index contributed by atoms with van der Waals surface area (Å²) in [5.74, 6) is -0.170. The summed E-state index contributed by atoms with van der Waals surface area (Å²) < 4.78 is 10.2. The highest BCUT2D eigenvalue weighted by Gasteiger charge is 2.11. The number of esters is 1. The molecule has 4 nitrogen and oxygen atoms in total. The summed E-state index contributed by atoms with van der Waals surface area (Å²) in [5, 5.41) is 0. The Morgan fingerprint density at radius 1 is 1.28 bits per heavy atom. The number of rotatable bonds is 4. The first-order chi connectivity index (χ1) is 8.79. The smallest absolute Gasteiger partial charge is 0.310 e. The Bertz CT molecular complexity index is 383. The molecule has 0 N–H and O–H groups in total. The van der Waals surface area contributed by atoms with Crippen molar-refractivity contribution in [2.45, 2.75) is 13.3 Å². The second-order valence-electron chi connectivity index (χ2n) is 4.25. The van der Waals surface area contributed by atoms with E-state index in [-0.39, 0.29) is 5.97 Å². The molecule has 1 aromatic carbocycles. The summed E-state index contributed by atoms with van der Waals surface area (Å²) in [7, 11) is 0. The summed E-state index contributed by atoms with van der Waals surface area (Å²) in [6.45, 7) is 5.67. The van der Waals surface area contributed by atoms with Crippen LogP contribution in [0.3, 0.4) is 0 Å². The molecule has 1 heterocycles. The molecule has 98 valence electrons. The Balaban J connectivity index is 1.94. The van der Waals surface area contributed by atoms with Crippen molar-refractivity contribution in [1.29, 1.82) is 0 Å². The summed E-state index contributed by atoms with van der Waals surface area (Å²) in [5.41, 5.74) is 2.18. The topological polar surface area (TPSA) is 38.8 Å². The molecule has 0 spiro atoms. The van der Waals surface area contributed by atoms with Crippen molar-refractivity contribution in [3.05, 3.63) is 29.8 Å². The SMILES string of the molecule is CCOC(=O)Cc1ccc(N2CCOCC2)cc1. The van der Waals surface area contributed by atoms with Gasteiger partial charge in [-0.2, -0.15) is 0 Å². The summed E-state index contributed by atoms with van der Waals surface area (Å²) in [6.07, 6.45) is 0.344. The first-order valence-electron chi connectivity index (χ1n) is 6.37. The lowest BCUT2D eigenvalue weighted by atomic mass is 10.1. The number of anilines is 1. The molecule has 1 saturated heterocycles. The first-order valence-corrected chi connectivity index (χ1v) is 6.37. The highest BCUT2D eigenvalue weighted by atomic mass is 16.5. The van der Waals surface area contributed by atoms with Gasteiger partial charge in [-0.3, -0.25) is 4.79 Å². The third-order valence-electron chi connectivity index (χ3n) is 2.97. The molecule has 1 fully saturated rings. The lowest BCUT2D eigenvalue weighted by Gasteiger charge is -2.28. The molecular weight excluding hydrogens is 230 g/mol. The van der Waals surface area contributed by atoms with Gasteiger partial charge in [-0.1, -0.05) is 12.1 Å². The minimum Gasteiger partial charge on any atom is -0.466 e. The van der Waals surface area contributed by atoms with E-state index in [1.54, 1.807) is 0 Å². The molecule has 2 rings (SSSR count). The van der Waals surface area contributed by atoms with Gasteiger partial charge in [0, 0.05) is 18.8 Å². The fourth-order valence-electron chi connectivity index (χ4n) is 2.02. The molecule has 0 bridgehead atoms. The largest absolute Gasteiger partial charge is 0.466 e. The minimum atomic E-state index is -0.170. The summed E-state index contributed by atoms with van der Waals surface area (Å²) in [6, 6.07) is 8.09. The number of carbonyl (C=O) groups is 1. The van der Waals surface area contributed by atoms with Crippen molar-refractivity contribution in [2.24, 2.45) is 0 Å². The minimum absolute atomic E-state index is 0.170. The standard InChI is InChI=1S/C14H19NO3/c1-2-18-14(16)11-12-3-5-13(6-4-12)15-7-9-17-10-8-15/h3-6H,2,7-11H2,1H3. The molecule has 4 heteroatoms. The van der Waals surface area contributed by atoms with Crippen LogP contribution in [0, 0.1) is 0 Å². The van der Waals surface area contributed by atoms with E-state index in [1.807, 2.05) is 19.1 Å². The van der Waals surface area contributed by atoms with Gasteiger partial charge in [0.1, 0.15) is 0 Å². The number of morpholine rings is 1. The van der Waals surface area contributed by atoms with Crippen LogP contribution in [-0.4, -0.2) is 38.9 Å². The maximum atomic E-state index is 11.3. The van der Waals surface area contributed by atoms with E-state index in [9.17, 15) is 4.79 Å². The average molecular weight is 249 g/mol. The molecule has 18 heavy (non-hydrogen) atoms. The quantitative estimate of drug-likeness (QED) is 0.760. The van der Waals surface area contributed by atoms with Crippen LogP contribution in [0.2, 0.25) is 0 Å². The van der Waals surface area contributed by atoms with Crippen LogP contribution >= 0.6 is 0 Å². The van der Waals surface area contributed by atoms with Gasteiger partial charge >= 0.3 is 5.97 Å². The molecule has 0 amide bonds. The third kappa shape index (κ3) is 3.47. The molecular formula is C14H19NO3. The zero-order chi connectivity index (χ0) is 12.8. The monoisotopic (exact) mass is 249 g/mol. The van der Waals surface area contributed by atoms with Crippen LogP contribution in [0.15, 0.2) is 24.3 Å². The van der Waals surface area contributed by atoms with Gasteiger partial charge in [0.05, 0.1) is 26.2 Å². The molecule has 0 radical (unpaired) electrons. The zero-order valence-electron chi connectivity index (χ0n) is 10.7. The van der Waals surface area contributed by atoms with Crippen molar-refractivity contribution in [1.82, 2.24) is 0 Å². The van der Waals surface area contributed by atoms with Crippen molar-refractivity contribution >= 4 is 11.7 Å². The van der Waals surface area contributed by atoms with Crippen molar-refractivity contribution < 1.29 is 14.3 Å². The third-order valence-corrected chi connectivity index (χ3v) is 2.97. The maximum Gasteiger partial charge on any atom is 0.310 e. The number of hydrogen-bond acceptors (Lipinski definition) is 4. The van der Waals surface area contributed by atoms with Crippen LogP contribution in [0.1, 0.15) is 12.5 Å². The molecule has 0 atom stereocenters. The number of ether oxygens (including phenoxy) is 2. The number of carbonyl (C=O) groups excluding carboxylic acids is 1. The van der Waals surface area contributed by atoms with Gasteiger partial charge in [-0.15, -0.1) is 0 Å². The molecule has 0 aromatic heterocycles. The van der Waals surface area contributed by atoms with Crippen LogP contribution < -0.4 is 4.90 Å². The highest BCUT2D eigenvalue weighted by Crippen LogP contribution is 2.17. The van der Waals surface area contributed by atoms with Gasteiger partial charge in [0.2, 0.25) is 0 Å². The molecule has 0 unspecified atom stereocenters. The second kappa shape index (κ2) is 6.40. The zero-order valence-corrected chi connectivity index (χ0v) is 10.7. The Morgan fingerprint density at radius 3 is 2.56 bits per heavy atom. The van der Waals surface area contributed by atoms with Gasteiger partial charge < -0.3 is 14.4 Å². The van der Waals surface area contributed by atoms with Crippen LogP contribution in [0.5, 0.6) is 0 Å². The van der Waals surface area contributed by atoms with Crippen LogP contribution in [-0.2, 0) is 20.7 Å². The first kappa shape index (κ1) is 12.9. The van der Waals surface area contributed by atoms with E-state index in [1.165, 1.54) is 5.69 Å². The maximum absolute atomic E-state index is 11.3. The normalized spacial score (nSPS) is 15.5. The lowest BCUT2D eigenvalue weighted by molar-refractivity contribution is -0.142. The van der Waals surface area contributed by atoms with Gasteiger partial charge in [0.15, 0.2) is 0 Å². The molecule has 1 aromatic rings. The van der Waals surface area contributed by atoms with E-state index in [2.05, 4.69) is 17.0 Å².